The fourth-order valence-corrected chi connectivity index (χ4v) is 6.67. The first kappa shape index (κ1) is 23.9. The van der Waals surface area contributed by atoms with E-state index in [1.54, 1.807) is 24.0 Å². The Morgan fingerprint density at radius 1 is 1.03 bits per heavy atom. The molecule has 2 fully saturated rings. The van der Waals surface area contributed by atoms with Crippen LogP contribution in [0.3, 0.4) is 0 Å². The standard InChI is InChI=1S/C29H30N2O6/c1-3-28-12-7-15-36-27(35)23(28)22-25(33)31(18(2)17-32)24-26(34)30(14-6-13-29(22,24)37-28)21-11-10-19-8-4-5-9-20(19)16-21/h4-13,16,18,22-24,32H,3,14-15,17H2,1-2H3/t18-,22+,23-,24?,28+,29+/m1/s1. The Hall–Kier alpha value is -3.49. The molecule has 4 heterocycles. The van der Waals surface area contributed by atoms with Crippen LogP contribution < -0.4 is 4.90 Å². The molecule has 8 heteroatoms. The first-order chi connectivity index (χ1) is 17.9. The number of hydrogen-bond donors (Lipinski definition) is 1. The van der Waals surface area contributed by atoms with Gasteiger partial charge in [-0.3, -0.25) is 14.4 Å². The van der Waals surface area contributed by atoms with Crippen LogP contribution in [0.15, 0.2) is 66.8 Å². The number of aliphatic hydroxyl groups is 1. The number of nitrogens with zero attached hydrogens (tertiary/aromatic N) is 2. The average Bonchev–Trinajstić information content (AvgIpc) is 3.20. The molecule has 0 aromatic heterocycles. The molecule has 1 spiro atoms. The van der Waals surface area contributed by atoms with Crippen molar-refractivity contribution in [3.05, 3.63) is 66.8 Å². The lowest BCUT2D eigenvalue weighted by Gasteiger charge is -2.39. The van der Waals surface area contributed by atoms with Crippen molar-refractivity contribution < 1.29 is 29.0 Å². The van der Waals surface area contributed by atoms with Gasteiger partial charge in [0.15, 0.2) is 0 Å². The Morgan fingerprint density at radius 3 is 2.57 bits per heavy atom. The molecular weight excluding hydrogens is 472 g/mol. The van der Waals surface area contributed by atoms with E-state index in [0.29, 0.717) is 12.1 Å². The first-order valence-electron chi connectivity index (χ1n) is 12.8. The van der Waals surface area contributed by atoms with Gasteiger partial charge in [-0.1, -0.05) is 55.5 Å². The largest absolute Gasteiger partial charge is 0.461 e. The minimum atomic E-state index is -1.37. The summed E-state index contributed by atoms with van der Waals surface area (Å²) in [5.74, 6) is -3.03. The van der Waals surface area contributed by atoms with Gasteiger partial charge < -0.3 is 24.4 Å². The summed E-state index contributed by atoms with van der Waals surface area (Å²) in [7, 11) is 0. The molecule has 4 aliphatic heterocycles. The van der Waals surface area contributed by atoms with E-state index in [1.165, 1.54) is 4.90 Å². The predicted molar refractivity (Wildman–Crippen MR) is 137 cm³/mol. The van der Waals surface area contributed by atoms with Crippen molar-refractivity contribution in [2.24, 2.45) is 11.8 Å². The second kappa shape index (κ2) is 8.53. The van der Waals surface area contributed by atoms with Crippen LogP contribution in [-0.2, 0) is 23.9 Å². The smallest absolute Gasteiger partial charge is 0.313 e. The Kier molecular flexibility index (Phi) is 5.51. The van der Waals surface area contributed by atoms with Gasteiger partial charge in [0.2, 0.25) is 5.91 Å². The van der Waals surface area contributed by atoms with Gasteiger partial charge in [0.1, 0.15) is 29.8 Å². The Bertz CT molecular complexity index is 1350. The number of cyclic esters (lactones) is 1. The van der Waals surface area contributed by atoms with Crippen molar-refractivity contribution in [3.8, 4) is 0 Å². The van der Waals surface area contributed by atoms with E-state index in [0.717, 1.165) is 10.8 Å². The van der Waals surface area contributed by atoms with Crippen LogP contribution in [0.5, 0.6) is 0 Å². The van der Waals surface area contributed by atoms with Gasteiger partial charge in [-0.05, 0) is 42.3 Å². The van der Waals surface area contributed by atoms with Gasteiger partial charge in [0.05, 0.1) is 18.6 Å². The van der Waals surface area contributed by atoms with Crippen molar-refractivity contribution in [2.45, 2.75) is 43.6 Å². The summed E-state index contributed by atoms with van der Waals surface area (Å²) < 4.78 is 12.2. The number of amides is 2. The molecule has 6 atom stereocenters. The zero-order valence-electron chi connectivity index (χ0n) is 20.9. The highest BCUT2D eigenvalue weighted by Crippen LogP contribution is 2.58. The normalized spacial score (nSPS) is 33.6. The Balaban J connectivity index is 1.51. The third kappa shape index (κ3) is 3.25. The van der Waals surface area contributed by atoms with Crippen molar-refractivity contribution in [1.82, 2.24) is 4.90 Å². The van der Waals surface area contributed by atoms with Gasteiger partial charge in [-0.25, -0.2) is 0 Å². The lowest BCUT2D eigenvalue weighted by atomic mass is 9.73. The Morgan fingerprint density at radius 2 is 1.81 bits per heavy atom. The van der Waals surface area contributed by atoms with Gasteiger partial charge >= 0.3 is 5.97 Å². The van der Waals surface area contributed by atoms with E-state index in [1.807, 2.05) is 61.5 Å². The second-order valence-electron chi connectivity index (χ2n) is 10.3. The van der Waals surface area contributed by atoms with E-state index in [-0.39, 0.29) is 31.6 Å². The highest BCUT2D eigenvalue weighted by molar-refractivity contribution is 6.06. The fourth-order valence-electron chi connectivity index (χ4n) is 6.67. The number of aliphatic hydroxyl groups excluding tert-OH is 1. The number of esters is 1. The number of carbonyl (C=O) groups excluding carboxylic acids is 3. The highest BCUT2D eigenvalue weighted by Gasteiger charge is 2.75. The molecule has 192 valence electrons. The summed E-state index contributed by atoms with van der Waals surface area (Å²) in [5.41, 5.74) is -1.73. The Labute approximate surface area is 215 Å². The van der Waals surface area contributed by atoms with Crippen LogP contribution in [-0.4, -0.2) is 70.8 Å². The molecule has 2 aromatic carbocycles. The monoisotopic (exact) mass is 502 g/mol. The van der Waals surface area contributed by atoms with Gasteiger partial charge in [0, 0.05) is 12.2 Å². The van der Waals surface area contributed by atoms with E-state index >= 15 is 0 Å². The molecule has 2 aromatic rings. The van der Waals surface area contributed by atoms with E-state index in [9.17, 15) is 19.5 Å². The number of ether oxygens (including phenoxy) is 2. The molecule has 2 saturated heterocycles. The SMILES string of the molecule is CC[C@]12C=CCOC(=O)[C@H]1[C@H]1C(=O)N([C@H](C)CO)C3C(=O)N(c4ccc5ccccc5c4)CC=C[C@@]31O2. The summed E-state index contributed by atoms with van der Waals surface area (Å²) in [6.45, 7) is 3.67. The summed E-state index contributed by atoms with van der Waals surface area (Å²) in [6, 6.07) is 12.0. The van der Waals surface area contributed by atoms with E-state index < -0.39 is 41.1 Å². The van der Waals surface area contributed by atoms with E-state index in [4.69, 9.17) is 9.47 Å². The average molecular weight is 503 g/mol. The minimum absolute atomic E-state index is 0.110. The van der Waals surface area contributed by atoms with Crippen LogP contribution in [0.1, 0.15) is 20.3 Å². The number of likely N-dealkylation sites (tertiary alicyclic amines) is 1. The molecule has 0 bridgehead atoms. The van der Waals surface area contributed by atoms with Crippen molar-refractivity contribution in [2.75, 3.05) is 24.7 Å². The molecule has 0 aliphatic carbocycles. The van der Waals surface area contributed by atoms with E-state index in [2.05, 4.69) is 0 Å². The first-order valence-corrected chi connectivity index (χ1v) is 12.8. The second-order valence-corrected chi connectivity index (χ2v) is 10.3. The van der Waals surface area contributed by atoms with Gasteiger partial charge in [-0.15, -0.1) is 0 Å². The van der Waals surface area contributed by atoms with Gasteiger partial charge in [-0.2, -0.15) is 0 Å². The zero-order chi connectivity index (χ0) is 25.9. The summed E-state index contributed by atoms with van der Waals surface area (Å²) in [5, 5.41) is 12.1. The zero-order valence-corrected chi connectivity index (χ0v) is 20.9. The maximum Gasteiger partial charge on any atom is 0.313 e. The minimum Gasteiger partial charge on any atom is -0.461 e. The number of fused-ring (bicyclic) bond motifs is 3. The lowest BCUT2D eigenvalue weighted by Crippen LogP contribution is -2.58. The lowest BCUT2D eigenvalue weighted by molar-refractivity contribution is -0.158. The summed E-state index contributed by atoms with van der Waals surface area (Å²) in [6.07, 6.45) is 7.66. The fraction of sp³-hybridized carbons (Fsp3) is 0.414. The number of rotatable bonds is 4. The molecule has 1 N–H and O–H groups in total. The molecule has 1 unspecified atom stereocenters. The maximum absolute atomic E-state index is 14.4. The quantitative estimate of drug-likeness (QED) is 0.510. The van der Waals surface area contributed by atoms with Crippen LogP contribution in [0.25, 0.3) is 10.8 Å². The number of carbonyl (C=O) groups is 3. The number of anilines is 1. The van der Waals surface area contributed by atoms with Crippen molar-refractivity contribution >= 4 is 34.2 Å². The molecule has 0 radical (unpaired) electrons. The molecule has 4 aliphatic rings. The van der Waals surface area contributed by atoms with Crippen molar-refractivity contribution in [3.63, 3.8) is 0 Å². The van der Waals surface area contributed by atoms with Crippen LogP contribution in [0.2, 0.25) is 0 Å². The van der Waals surface area contributed by atoms with Gasteiger partial charge in [0.25, 0.3) is 5.91 Å². The summed E-state index contributed by atoms with van der Waals surface area (Å²) >= 11 is 0. The van der Waals surface area contributed by atoms with Crippen molar-refractivity contribution in [1.29, 1.82) is 0 Å². The molecule has 8 nitrogen and oxygen atoms in total. The molecule has 0 saturated carbocycles. The third-order valence-corrected chi connectivity index (χ3v) is 8.42. The molecule has 37 heavy (non-hydrogen) atoms. The highest BCUT2D eigenvalue weighted by atomic mass is 16.6. The third-order valence-electron chi connectivity index (χ3n) is 8.42. The number of hydrogen-bond acceptors (Lipinski definition) is 6. The van der Waals surface area contributed by atoms with Crippen LogP contribution in [0, 0.1) is 11.8 Å². The maximum atomic E-state index is 14.4. The number of benzene rings is 2. The molecule has 2 amide bonds. The molecule has 6 rings (SSSR count). The predicted octanol–water partition coefficient (Wildman–Crippen LogP) is 2.60. The van der Waals surface area contributed by atoms with Crippen LogP contribution >= 0.6 is 0 Å². The summed E-state index contributed by atoms with van der Waals surface area (Å²) in [4.78, 5) is 44.9. The molecular formula is C29H30N2O6. The van der Waals surface area contributed by atoms with Crippen LogP contribution in [0.4, 0.5) is 5.69 Å². The topological polar surface area (TPSA) is 96.4 Å².